The quantitative estimate of drug-likeness (QED) is 0.380. The Labute approximate surface area is 208 Å². The molecule has 1 amide bonds. The summed E-state index contributed by atoms with van der Waals surface area (Å²) in [6.45, 7) is 2.24. The first-order valence-corrected chi connectivity index (χ1v) is 11.5. The lowest BCUT2D eigenvalue weighted by Crippen LogP contribution is -2.27. The molecule has 2 N–H and O–H groups in total. The molecule has 5 rings (SSSR count). The number of aryl methyl sites for hydroxylation is 1. The normalized spacial score (nSPS) is 13.1. The summed E-state index contributed by atoms with van der Waals surface area (Å²) in [4.78, 5) is 27.0. The van der Waals surface area contributed by atoms with Gasteiger partial charge < -0.3 is 19.8 Å². The number of nitrogens with zero attached hydrogens (tertiary/aromatic N) is 3. The van der Waals surface area contributed by atoms with Crippen LogP contribution in [0.25, 0.3) is 22.3 Å². The lowest BCUT2D eigenvalue weighted by molar-refractivity contribution is -0.117. The van der Waals surface area contributed by atoms with Gasteiger partial charge in [0.25, 0.3) is 5.91 Å². The number of ether oxygens (including phenoxy) is 1. The van der Waals surface area contributed by atoms with Gasteiger partial charge in [-0.05, 0) is 61.4 Å². The standard InChI is InChI=1S/C28H25N5O3/c1-18-12-14-36-25(18)17-30-28(34)21-8-4-3-5-9-23(21)32-27-22-15-20(35-2)10-11-24(22)31-26(33-27)19-7-6-13-29-16-19/h3-4,6-16H,5,17H2,1-2H3,(H,30,34)(H,31,32,33). The Morgan fingerprint density at radius 3 is 2.89 bits per heavy atom. The molecule has 0 aliphatic heterocycles. The zero-order valence-electron chi connectivity index (χ0n) is 20.0. The molecule has 8 nitrogen and oxygen atoms in total. The number of fused-ring (bicyclic) bond motifs is 1. The molecule has 1 aliphatic rings. The number of amides is 1. The molecule has 3 heterocycles. The number of aromatic nitrogens is 3. The lowest BCUT2D eigenvalue weighted by atomic mass is 10.1. The molecule has 8 heteroatoms. The minimum atomic E-state index is -0.223. The average Bonchev–Trinajstić information content (AvgIpc) is 3.18. The Bertz CT molecular complexity index is 1500. The fourth-order valence-electron chi connectivity index (χ4n) is 3.87. The predicted molar refractivity (Wildman–Crippen MR) is 138 cm³/mol. The fourth-order valence-corrected chi connectivity index (χ4v) is 3.87. The highest BCUT2D eigenvalue weighted by Crippen LogP contribution is 2.30. The highest BCUT2D eigenvalue weighted by atomic mass is 16.5. The first-order valence-electron chi connectivity index (χ1n) is 11.5. The summed E-state index contributed by atoms with van der Waals surface area (Å²) < 4.78 is 10.9. The number of benzene rings is 1. The summed E-state index contributed by atoms with van der Waals surface area (Å²) in [5.74, 6) is 2.27. The van der Waals surface area contributed by atoms with E-state index >= 15 is 0 Å². The van der Waals surface area contributed by atoms with Gasteiger partial charge in [0.1, 0.15) is 17.3 Å². The molecule has 0 bridgehead atoms. The Balaban J connectivity index is 1.50. The van der Waals surface area contributed by atoms with Crippen molar-refractivity contribution in [1.29, 1.82) is 0 Å². The first-order chi connectivity index (χ1) is 17.6. The van der Waals surface area contributed by atoms with Crippen LogP contribution in [0.1, 0.15) is 17.7 Å². The second-order valence-corrected chi connectivity index (χ2v) is 8.22. The lowest BCUT2D eigenvalue weighted by Gasteiger charge is -2.16. The Morgan fingerprint density at radius 1 is 1.19 bits per heavy atom. The van der Waals surface area contributed by atoms with E-state index in [0.29, 0.717) is 41.6 Å². The third-order valence-corrected chi connectivity index (χ3v) is 5.85. The molecule has 3 aromatic heterocycles. The fraction of sp³-hybridized carbons (Fsp3) is 0.143. The largest absolute Gasteiger partial charge is 0.497 e. The minimum Gasteiger partial charge on any atom is -0.497 e. The summed E-state index contributed by atoms with van der Waals surface area (Å²) in [5, 5.41) is 7.13. The number of methoxy groups -OCH3 is 1. The van der Waals surface area contributed by atoms with E-state index in [1.165, 1.54) is 0 Å². The van der Waals surface area contributed by atoms with Crippen LogP contribution in [-0.4, -0.2) is 28.0 Å². The number of nitrogens with one attached hydrogen (secondary N) is 2. The molecular weight excluding hydrogens is 454 g/mol. The zero-order valence-corrected chi connectivity index (χ0v) is 20.0. The molecule has 1 aliphatic carbocycles. The van der Waals surface area contributed by atoms with E-state index in [1.54, 1.807) is 31.8 Å². The third-order valence-electron chi connectivity index (χ3n) is 5.85. The Hall–Kier alpha value is -4.72. The van der Waals surface area contributed by atoms with Crippen LogP contribution in [0.2, 0.25) is 0 Å². The molecule has 0 radical (unpaired) electrons. The molecule has 1 aromatic carbocycles. The Kier molecular flexibility index (Phi) is 6.57. The first kappa shape index (κ1) is 23.0. The van der Waals surface area contributed by atoms with Gasteiger partial charge in [-0.3, -0.25) is 9.78 Å². The van der Waals surface area contributed by atoms with Crippen LogP contribution < -0.4 is 15.4 Å². The van der Waals surface area contributed by atoms with Crippen LogP contribution >= 0.6 is 0 Å². The zero-order chi connectivity index (χ0) is 24.9. The number of rotatable bonds is 7. The van der Waals surface area contributed by atoms with Crippen molar-refractivity contribution in [3.8, 4) is 17.1 Å². The van der Waals surface area contributed by atoms with Gasteiger partial charge in [-0.25, -0.2) is 9.97 Å². The van der Waals surface area contributed by atoms with Gasteiger partial charge in [0, 0.05) is 29.0 Å². The van der Waals surface area contributed by atoms with E-state index in [1.807, 2.05) is 61.5 Å². The van der Waals surface area contributed by atoms with Crippen LogP contribution in [0.3, 0.4) is 0 Å². The average molecular weight is 480 g/mol. The number of hydrogen-bond donors (Lipinski definition) is 2. The maximum absolute atomic E-state index is 13.2. The summed E-state index contributed by atoms with van der Waals surface area (Å²) in [5.41, 5.74) is 3.65. The molecule has 180 valence electrons. The molecule has 0 saturated heterocycles. The van der Waals surface area contributed by atoms with Gasteiger partial charge in [0.2, 0.25) is 0 Å². The van der Waals surface area contributed by atoms with Gasteiger partial charge in [0.05, 0.1) is 31.0 Å². The molecule has 0 spiro atoms. The van der Waals surface area contributed by atoms with E-state index in [2.05, 4.69) is 15.6 Å². The number of pyridine rings is 1. The summed E-state index contributed by atoms with van der Waals surface area (Å²) in [7, 11) is 1.62. The van der Waals surface area contributed by atoms with E-state index in [9.17, 15) is 4.79 Å². The maximum atomic E-state index is 13.2. The Morgan fingerprint density at radius 2 is 2.11 bits per heavy atom. The third kappa shape index (κ3) is 4.88. The van der Waals surface area contributed by atoms with Crippen molar-refractivity contribution in [3.05, 3.63) is 102 Å². The van der Waals surface area contributed by atoms with Crippen LogP contribution in [0.4, 0.5) is 5.82 Å². The summed E-state index contributed by atoms with van der Waals surface area (Å²) in [6.07, 6.45) is 13.3. The predicted octanol–water partition coefficient (Wildman–Crippen LogP) is 5.10. The van der Waals surface area contributed by atoms with Gasteiger partial charge in [-0.2, -0.15) is 0 Å². The molecule has 0 saturated carbocycles. The smallest absolute Gasteiger partial charge is 0.253 e. The van der Waals surface area contributed by atoms with Crippen LogP contribution in [0, 0.1) is 6.92 Å². The molecule has 0 fully saturated rings. The molecular formula is C28H25N5O3. The van der Waals surface area contributed by atoms with Crippen molar-refractivity contribution in [2.24, 2.45) is 0 Å². The highest BCUT2D eigenvalue weighted by Gasteiger charge is 2.19. The van der Waals surface area contributed by atoms with Crippen molar-refractivity contribution in [3.63, 3.8) is 0 Å². The van der Waals surface area contributed by atoms with Gasteiger partial charge in [-0.1, -0.05) is 18.2 Å². The van der Waals surface area contributed by atoms with E-state index < -0.39 is 0 Å². The molecule has 36 heavy (non-hydrogen) atoms. The summed E-state index contributed by atoms with van der Waals surface area (Å²) >= 11 is 0. The van der Waals surface area contributed by atoms with Gasteiger partial charge in [0.15, 0.2) is 5.82 Å². The number of anilines is 1. The molecule has 4 aromatic rings. The highest BCUT2D eigenvalue weighted by molar-refractivity contribution is 6.00. The monoisotopic (exact) mass is 479 g/mol. The second-order valence-electron chi connectivity index (χ2n) is 8.22. The SMILES string of the molecule is COc1ccc2nc(-c3cccnc3)nc(NC3=CCC=CC=C3C(=O)NCc3occc3C)c2c1. The molecule has 0 atom stereocenters. The topological polar surface area (TPSA) is 102 Å². The number of carbonyl (C=O) groups excluding carboxylic acids is 1. The number of allylic oxidation sites excluding steroid dienone is 4. The van der Waals surface area contributed by atoms with Crippen molar-refractivity contribution >= 4 is 22.6 Å². The van der Waals surface area contributed by atoms with Crippen molar-refractivity contribution in [2.45, 2.75) is 19.9 Å². The second kappa shape index (κ2) is 10.3. The summed E-state index contributed by atoms with van der Waals surface area (Å²) in [6, 6.07) is 11.2. The minimum absolute atomic E-state index is 0.223. The molecule has 0 unspecified atom stereocenters. The van der Waals surface area contributed by atoms with Gasteiger partial charge in [-0.15, -0.1) is 0 Å². The van der Waals surface area contributed by atoms with Crippen molar-refractivity contribution in [2.75, 3.05) is 12.4 Å². The van der Waals surface area contributed by atoms with E-state index in [-0.39, 0.29) is 5.91 Å². The van der Waals surface area contributed by atoms with Gasteiger partial charge >= 0.3 is 0 Å². The number of hydrogen-bond acceptors (Lipinski definition) is 7. The van der Waals surface area contributed by atoms with Crippen LogP contribution in [-0.2, 0) is 11.3 Å². The maximum Gasteiger partial charge on any atom is 0.253 e. The number of furan rings is 1. The van der Waals surface area contributed by atoms with Crippen molar-refractivity contribution < 1.29 is 13.9 Å². The van der Waals surface area contributed by atoms with E-state index in [0.717, 1.165) is 27.8 Å². The van der Waals surface area contributed by atoms with Crippen LogP contribution in [0.5, 0.6) is 5.75 Å². The van der Waals surface area contributed by atoms with Crippen LogP contribution in [0.15, 0.2) is 95.0 Å². The van der Waals surface area contributed by atoms with Crippen molar-refractivity contribution in [1.82, 2.24) is 20.3 Å². The number of carbonyl (C=O) groups is 1. The van der Waals surface area contributed by atoms with E-state index in [4.69, 9.17) is 19.1 Å².